The third-order valence-electron chi connectivity index (χ3n) is 3.90. The lowest BCUT2D eigenvalue weighted by Gasteiger charge is -2.15. The Morgan fingerprint density at radius 2 is 1.42 bits per heavy atom. The van der Waals surface area contributed by atoms with Crippen LogP contribution < -0.4 is 5.43 Å². The van der Waals surface area contributed by atoms with Gasteiger partial charge in [-0.15, -0.1) is 0 Å². The smallest absolute Gasteiger partial charge is 0.234 e. The minimum absolute atomic E-state index is 0.213. The summed E-state index contributed by atoms with van der Waals surface area (Å²) in [6, 6.07) is 0. The van der Waals surface area contributed by atoms with Gasteiger partial charge >= 0.3 is 0 Å². The molecule has 1 amide bonds. The third-order valence-corrected chi connectivity index (χ3v) is 3.90. The van der Waals surface area contributed by atoms with E-state index in [2.05, 4.69) is 17.4 Å². The van der Waals surface area contributed by atoms with Crippen molar-refractivity contribution in [2.45, 2.75) is 84.0 Å². The predicted molar refractivity (Wildman–Crippen MR) is 80.8 cm³/mol. The van der Waals surface area contributed by atoms with Crippen molar-refractivity contribution in [3.63, 3.8) is 0 Å². The highest BCUT2D eigenvalue weighted by Gasteiger charge is 2.13. The number of rotatable bonds is 11. The largest absolute Gasteiger partial charge is 0.289 e. The van der Waals surface area contributed by atoms with Gasteiger partial charge in [-0.2, -0.15) is 0 Å². The maximum Gasteiger partial charge on any atom is 0.234 e. The van der Waals surface area contributed by atoms with Crippen molar-refractivity contribution in [2.75, 3.05) is 13.1 Å². The molecule has 1 aliphatic heterocycles. The quantitative estimate of drug-likeness (QED) is 0.574. The van der Waals surface area contributed by atoms with Crippen LogP contribution in [0.5, 0.6) is 0 Å². The normalized spacial score (nSPS) is 15.8. The van der Waals surface area contributed by atoms with Gasteiger partial charge in [0.1, 0.15) is 0 Å². The first kappa shape index (κ1) is 16.5. The summed E-state index contributed by atoms with van der Waals surface area (Å²) in [6.45, 7) is 4.32. The van der Waals surface area contributed by atoms with Gasteiger partial charge in [0.25, 0.3) is 0 Å². The Hall–Kier alpha value is -0.570. The van der Waals surface area contributed by atoms with E-state index in [0.717, 1.165) is 19.5 Å². The maximum atomic E-state index is 11.7. The molecule has 0 aromatic heterocycles. The van der Waals surface area contributed by atoms with Crippen LogP contribution in [0.1, 0.15) is 84.0 Å². The van der Waals surface area contributed by atoms with E-state index >= 15 is 0 Å². The zero-order valence-corrected chi connectivity index (χ0v) is 12.8. The van der Waals surface area contributed by atoms with Crippen LogP contribution in [0.15, 0.2) is 0 Å². The van der Waals surface area contributed by atoms with Gasteiger partial charge < -0.3 is 0 Å². The second kappa shape index (κ2) is 11.3. The molecule has 0 aliphatic carbocycles. The fourth-order valence-corrected chi connectivity index (χ4v) is 2.66. The molecule has 3 heteroatoms. The standard InChI is InChI=1S/C16H32N2O/c1-2-3-4-5-6-7-8-9-10-13-16(19)17-18-14-11-12-15-18/h2-15H2,1H3,(H,17,19). The summed E-state index contributed by atoms with van der Waals surface area (Å²) < 4.78 is 0. The Bertz CT molecular complexity index is 225. The predicted octanol–water partition coefficient (Wildman–Crippen LogP) is 4.03. The van der Waals surface area contributed by atoms with E-state index in [4.69, 9.17) is 0 Å². The first-order valence-corrected chi connectivity index (χ1v) is 8.37. The highest BCUT2D eigenvalue weighted by Crippen LogP contribution is 2.10. The Labute approximate surface area is 119 Å². The van der Waals surface area contributed by atoms with Crippen LogP contribution >= 0.6 is 0 Å². The molecule has 0 bridgehead atoms. The van der Waals surface area contributed by atoms with E-state index in [1.54, 1.807) is 0 Å². The van der Waals surface area contributed by atoms with Gasteiger partial charge in [0, 0.05) is 19.5 Å². The topological polar surface area (TPSA) is 32.3 Å². The van der Waals surface area contributed by atoms with Crippen molar-refractivity contribution in [3.05, 3.63) is 0 Å². The van der Waals surface area contributed by atoms with Gasteiger partial charge in [-0.3, -0.25) is 10.2 Å². The fourth-order valence-electron chi connectivity index (χ4n) is 2.66. The van der Waals surface area contributed by atoms with Crippen LogP contribution in [-0.4, -0.2) is 24.0 Å². The molecule has 0 aromatic rings. The molecule has 1 fully saturated rings. The minimum Gasteiger partial charge on any atom is -0.289 e. The van der Waals surface area contributed by atoms with E-state index in [1.807, 2.05) is 0 Å². The summed E-state index contributed by atoms with van der Waals surface area (Å²) in [5.41, 5.74) is 3.00. The van der Waals surface area contributed by atoms with E-state index < -0.39 is 0 Å². The number of nitrogens with one attached hydrogen (secondary N) is 1. The molecule has 1 heterocycles. The Balaban J connectivity index is 1.80. The van der Waals surface area contributed by atoms with E-state index in [9.17, 15) is 4.79 Å². The van der Waals surface area contributed by atoms with Crippen LogP contribution in [0.4, 0.5) is 0 Å². The average molecular weight is 268 g/mol. The number of hydrogen-bond donors (Lipinski definition) is 1. The summed E-state index contributed by atoms with van der Waals surface area (Å²) in [5, 5.41) is 2.07. The first-order valence-electron chi connectivity index (χ1n) is 8.37. The van der Waals surface area contributed by atoms with Crippen LogP contribution in [0.25, 0.3) is 0 Å². The molecule has 1 N–H and O–H groups in total. The first-order chi connectivity index (χ1) is 9.33. The van der Waals surface area contributed by atoms with Gasteiger partial charge in [-0.25, -0.2) is 5.01 Å². The summed E-state index contributed by atoms with van der Waals surface area (Å²) in [7, 11) is 0. The minimum atomic E-state index is 0.213. The fraction of sp³-hybridized carbons (Fsp3) is 0.938. The van der Waals surface area contributed by atoms with Crippen molar-refractivity contribution in [1.82, 2.24) is 10.4 Å². The molecular formula is C16H32N2O. The highest BCUT2D eigenvalue weighted by atomic mass is 16.2. The lowest BCUT2D eigenvalue weighted by Crippen LogP contribution is -2.39. The van der Waals surface area contributed by atoms with E-state index in [0.29, 0.717) is 6.42 Å². The molecule has 0 spiro atoms. The van der Waals surface area contributed by atoms with E-state index in [1.165, 1.54) is 64.2 Å². The SMILES string of the molecule is CCCCCCCCCCCC(=O)NN1CCCC1. The monoisotopic (exact) mass is 268 g/mol. The Kier molecular flexibility index (Phi) is 9.78. The van der Waals surface area contributed by atoms with Gasteiger partial charge in [0.15, 0.2) is 0 Å². The van der Waals surface area contributed by atoms with Crippen LogP contribution in [0, 0.1) is 0 Å². The maximum absolute atomic E-state index is 11.7. The zero-order valence-electron chi connectivity index (χ0n) is 12.8. The molecule has 0 atom stereocenters. The number of hydrogen-bond acceptors (Lipinski definition) is 2. The third kappa shape index (κ3) is 9.04. The van der Waals surface area contributed by atoms with Gasteiger partial charge in [0.2, 0.25) is 5.91 Å². The number of hydrazine groups is 1. The van der Waals surface area contributed by atoms with Crippen molar-refractivity contribution in [1.29, 1.82) is 0 Å². The molecule has 112 valence electrons. The molecule has 3 nitrogen and oxygen atoms in total. The Morgan fingerprint density at radius 1 is 0.895 bits per heavy atom. The second-order valence-corrected chi connectivity index (χ2v) is 5.81. The summed E-state index contributed by atoms with van der Waals surface area (Å²) in [6.07, 6.45) is 14.9. The lowest BCUT2D eigenvalue weighted by atomic mass is 10.1. The van der Waals surface area contributed by atoms with Crippen molar-refractivity contribution in [3.8, 4) is 0 Å². The average Bonchev–Trinajstić information content (AvgIpc) is 2.89. The Morgan fingerprint density at radius 3 is 2.00 bits per heavy atom. The molecular weight excluding hydrogens is 236 g/mol. The van der Waals surface area contributed by atoms with Gasteiger partial charge in [-0.05, 0) is 19.3 Å². The lowest BCUT2D eigenvalue weighted by molar-refractivity contribution is -0.125. The summed E-state index contributed by atoms with van der Waals surface area (Å²) in [5.74, 6) is 0.213. The second-order valence-electron chi connectivity index (χ2n) is 5.81. The molecule has 1 saturated heterocycles. The number of amides is 1. The van der Waals surface area contributed by atoms with Crippen molar-refractivity contribution < 1.29 is 4.79 Å². The number of unbranched alkanes of at least 4 members (excludes halogenated alkanes) is 8. The number of nitrogens with zero attached hydrogens (tertiary/aromatic N) is 1. The molecule has 19 heavy (non-hydrogen) atoms. The molecule has 1 rings (SSSR count). The van der Waals surface area contributed by atoms with Crippen molar-refractivity contribution >= 4 is 5.91 Å². The van der Waals surface area contributed by atoms with E-state index in [-0.39, 0.29) is 5.91 Å². The zero-order chi connectivity index (χ0) is 13.8. The number of carbonyl (C=O) groups excluding carboxylic acids is 1. The van der Waals surface area contributed by atoms with Crippen LogP contribution in [0.2, 0.25) is 0 Å². The number of carbonyl (C=O) groups is 1. The van der Waals surface area contributed by atoms with Crippen LogP contribution in [-0.2, 0) is 4.79 Å². The molecule has 0 radical (unpaired) electrons. The summed E-state index contributed by atoms with van der Waals surface area (Å²) >= 11 is 0. The molecule has 0 aromatic carbocycles. The van der Waals surface area contributed by atoms with Crippen LogP contribution in [0.3, 0.4) is 0 Å². The van der Waals surface area contributed by atoms with Crippen molar-refractivity contribution in [2.24, 2.45) is 0 Å². The van der Waals surface area contributed by atoms with Gasteiger partial charge in [0.05, 0.1) is 0 Å². The molecule has 0 saturated carbocycles. The highest BCUT2D eigenvalue weighted by molar-refractivity contribution is 5.75. The summed E-state index contributed by atoms with van der Waals surface area (Å²) in [4.78, 5) is 11.7. The molecule has 0 unspecified atom stereocenters. The van der Waals surface area contributed by atoms with Gasteiger partial charge in [-0.1, -0.05) is 58.3 Å². The molecule has 1 aliphatic rings.